The topological polar surface area (TPSA) is 100 Å². The summed E-state index contributed by atoms with van der Waals surface area (Å²) in [6, 6.07) is 8.37. The highest BCUT2D eigenvalue weighted by Crippen LogP contribution is 2.42. The Labute approximate surface area is 200 Å². The number of hydrogen-bond donors (Lipinski definition) is 2. The molecule has 1 saturated heterocycles. The lowest BCUT2D eigenvalue weighted by molar-refractivity contribution is 0.0963. The van der Waals surface area contributed by atoms with E-state index in [-0.39, 0.29) is 23.6 Å². The summed E-state index contributed by atoms with van der Waals surface area (Å²) in [4.78, 5) is 36.4. The van der Waals surface area contributed by atoms with Crippen LogP contribution in [0.2, 0.25) is 0 Å². The molecular formula is C24H25FN6O2S. The van der Waals surface area contributed by atoms with Gasteiger partial charge in [0.2, 0.25) is 0 Å². The van der Waals surface area contributed by atoms with Crippen LogP contribution in [0.25, 0.3) is 0 Å². The van der Waals surface area contributed by atoms with Crippen LogP contribution in [0.15, 0.2) is 36.7 Å². The van der Waals surface area contributed by atoms with Crippen LogP contribution in [0.4, 0.5) is 15.0 Å². The molecule has 2 aliphatic rings. The van der Waals surface area contributed by atoms with Crippen LogP contribution in [-0.4, -0.2) is 51.3 Å². The van der Waals surface area contributed by atoms with E-state index in [0.29, 0.717) is 36.6 Å². The normalized spacial score (nSPS) is 19.8. The number of amides is 3. The molecule has 5 rings (SSSR count). The monoisotopic (exact) mass is 480 g/mol. The van der Waals surface area contributed by atoms with E-state index in [1.165, 1.54) is 23.9 Å². The third kappa shape index (κ3) is 4.02. The van der Waals surface area contributed by atoms with Crippen molar-refractivity contribution in [3.05, 3.63) is 69.9 Å². The van der Waals surface area contributed by atoms with Crippen molar-refractivity contribution in [1.29, 1.82) is 0 Å². The van der Waals surface area contributed by atoms with Gasteiger partial charge in [0.15, 0.2) is 0 Å². The third-order valence-electron chi connectivity index (χ3n) is 6.66. The average Bonchev–Trinajstić information content (AvgIpc) is 3.34. The fraction of sp³-hybridized carbons (Fsp3) is 0.375. The van der Waals surface area contributed by atoms with E-state index in [0.717, 1.165) is 29.1 Å². The molecule has 0 radical (unpaired) electrons. The number of nitrogens with zero attached hydrogens (tertiary/aromatic N) is 4. The summed E-state index contributed by atoms with van der Waals surface area (Å²) in [6.07, 6.45) is 4.18. The number of rotatable bonds is 5. The summed E-state index contributed by atoms with van der Waals surface area (Å²) < 4.78 is 18.6. The van der Waals surface area contributed by atoms with E-state index in [9.17, 15) is 14.0 Å². The predicted octanol–water partition coefficient (Wildman–Crippen LogP) is 3.84. The van der Waals surface area contributed by atoms with Gasteiger partial charge >= 0.3 is 6.03 Å². The third-order valence-corrected chi connectivity index (χ3v) is 7.53. The Morgan fingerprint density at radius 2 is 2.06 bits per heavy atom. The Kier molecular flexibility index (Phi) is 5.76. The largest absolute Gasteiger partial charge is 0.355 e. The Morgan fingerprint density at radius 3 is 2.74 bits per heavy atom. The fourth-order valence-electron chi connectivity index (χ4n) is 4.47. The van der Waals surface area contributed by atoms with Gasteiger partial charge in [-0.2, -0.15) is 4.37 Å². The van der Waals surface area contributed by atoms with E-state index >= 15 is 0 Å². The van der Waals surface area contributed by atoms with Gasteiger partial charge < -0.3 is 10.2 Å². The number of hydrogen-bond acceptors (Lipinski definition) is 6. The molecular weight excluding hydrogens is 455 g/mol. The van der Waals surface area contributed by atoms with Crippen LogP contribution < -0.4 is 10.6 Å². The molecule has 2 aromatic heterocycles. The van der Waals surface area contributed by atoms with Crippen LogP contribution >= 0.6 is 11.5 Å². The van der Waals surface area contributed by atoms with E-state index in [1.807, 2.05) is 12.1 Å². The second-order valence-corrected chi connectivity index (χ2v) is 9.66. The fourth-order valence-corrected chi connectivity index (χ4v) is 5.21. The summed E-state index contributed by atoms with van der Waals surface area (Å²) in [5, 5.41) is 6.19. The standard InChI is InChI=1S/C24H25FN6O2S/c1-14-3-6-16(11-18(14)25)24(22-27-13-28-34-22)9-10-31(12-24)23(33)30-20-17(21(32)26-2)7-8-19(29-20)15-4-5-15/h3,6-8,11,13,15H,4-5,9-10,12H2,1-2H3,(H,26,32)(H,29,30,33). The van der Waals surface area contributed by atoms with Crippen molar-refractivity contribution in [3.8, 4) is 0 Å². The van der Waals surface area contributed by atoms with Crippen LogP contribution in [0.1, 0.15) is 57.4 Å². The zero-order chi connectivity index (χ0) is 23.9. The van der Waals surface area contributed by atoms with E-state index in [4.69, 9.17) is 0 Å². The number of likely N-dealkylation sites (tertiary alicyclic amines) is 1. The Hall–Kier alpha value is -3.40. The van der Waals surface area contributed by atoms with E-state index in [1.54, 1.807) is 31.0 Å². The lowest BCUT2D eigenvalue weighted by Crippen LogP contribution is -2.38. The Bertz CT molecular complexity index is 1250. The van der Waals surface area contributed by atoms with Gasteiger partial charge in [-0.15, -0.1) is 0 Å². The van der Waals surface area contributed by atoms with Crippen molar-refractivity contribution in [2.75, 3.05) is 25.5 Å². The van der Waals surface area contributed by atoms with E-state index < -0.39 is 5.41 Å². The van der Waals surface area contributed by atoms with Gasteiger partial charge in [0.1, 0.15) is 23.0 Å². The SMILES string of the molecule is CNC(=O)c1ccc(C2CC2)nc1NC(=O)N1CCC(c2ccc(C)c(F)c2)(c2ncns2)C1. The summed E-state index contributed by atoms with van der Waals surface area (Å²) in [5.41, 5.74) is 1.87. The van der Waals surface area contributed by atoms with Crippen LogP contribution in [0.3, 0.4) is 0 Å². The molecule has 1 aliphatic carbocycles. The van der Waals surface area contributed by atoms with Gasteiger partial charge in [-0.05, 0) is 67.0 Å². The minimum Gasteiger partial charge on any atom is -0.355 e. The lowest BCUT2D eigenvalue weighted by atomic mass is 9.80. The molecule has 1 aromatic carbocycles. The summed E-state index contributed by atoms with van der Waals surface area (Å²) in [5.74, 6) is 0.0247. The predicted molar refractivity (Wildman–Crippen MR) is 127 cm³/mol. The van der Waals surface area contributed by atoms with Crippen molar-refractivity contribution in [2.45, 2.75) is 37.5 Å². The molecule has 8 nitrogen and oxygen atoms in total. The number of anilines is 1. The first kappa shape index (κ1) is 22.4. The van der Waals surface area contributed by atoms with Crippen molar-refractivity contribution < 1.29 is 14.0 Å². The number of carbonyl (C=O) groups is 2. The van der Waals surface area contributed by atoms with E-state index in [2.05, 4.69) is 25.0 Å². The molecule has 10 heteroatoms. The van der Waals surface area contributed by atoms with Crippen LogP contribution in [-0.2, 0) is 5.41 Å². The number of benzene rings is 1. The van der Waals surface area contributed by atoms with Gasteiger partial charge in [0.25, 0.3) is 5.91 Å². The number of pyridine rings is 1. The second kappa shape index (κ2) is 8.75. The molecule has 0 spiro atoms. The molecule has 3 amide bonds. The van der Waals surface area contributed by atoms with Gasteiger partial charge in [0, 0.05) is 31.7 Å². The van der Waals surface area contributed by atoms with Crippen molar-refractivity contribution >= 4 is 29.3 Å². The molecule has 3 heterocycles. The quantitative estimate of drug-likeness (QED) is 0.578. The molecule has 34 heavy (non-hydrogen) atoms. The molecule has 1 atom stereocenters. The van der Waals surface area contributed by atoms with Crippen molar-refractivity contribution in [2.24, 2.45) is 0 Å². The first-order chi connectivity index (χ1) is 16.4. The maximum atomic E-state index is 14.5. The average molecular weight is 481 g/mol. The maximum Gasteiger partial charge on any atom is 0.323 e. The van der Waals surface area contributed by atoms with Gasteiger partial charge in [0.05, 0.1) is 11.0 Å². The number of halogens is 1. The molecule has 1 saturated carbocycles. The molecule has 0 bridgehead atoms. The highest BCUT2D eigenvalue weighted by molar-refractivity contribution is 7.05. The lowest BCUT2D eigenvalue weighted by Gasteiger charge is -2.28. The van der Waals surface area contributed by atoms with Crippen LogP contribution in [0, 0.1) is 12.7 Å². The van der Waals surface area contributed by atoms with Crippen molar-refractivity contribution in [1.82, 2.24) is 24.6 Å². The molecule has 3 aromatic rings. The second-order valence-electron chi connectivity index (χ2n) is 8.88. The smallest absolute Gasteiger partial charge is 0.323 e. The summed E-state index contributed by atoms with van der Waals surface area (Å²) in [6.45, 7) is 2.48. The number of aromatic nitrogens is 3. The molecule has 2 fully saturated rings. The maximum absolute atomic E-state index is 14.5. The summed E-state index contributed by atoms with van der Waals surface area (Å²) in [7, 11) is 1.54. The van der Waals surface area contributed by atoms with Gasteiger partial charge in [-0.3, -0.25) is 10.1 Å². The first-order valence-electron chi connectivity index (χ1n) is 11.2. The number of urea groups is 1. The van der Waals surface area contributed by atoms with Gasteiger partial charge in [-0.25, -0.2) is 19.2 Å². The molecule has 2 N–H and O–H groups in total. The number of nitrogens with one attached hydrogen (secondary N) is 2. The molecule has 1 aliphatic heterocycles. The Balaban J connectivity index is 1.43. The highest BCUT2D eigenvalue weighted by Gasteiger charge is 2.45. The highest BCUT2D eigenvalue weighted by atomic mass is 32.1. The minimum atomic E-state index is -0.653. The van der Waals surface area contributed by atoms with Crippen molar-refractivity contribution in [3.63, 3.8) is 0 Å². The first-order valence-corrected chi connectivity index (χ1v) is 12.0. The number of carbonyl (C=O) groups excluding carboxylic acids is 2. The zero-order valence-electron chi connectivity index (χ0n) is 19.0. The molecule has 1 unspecified atom stereocenters. The zero-order valence-corrected chi connectivity index (χ0v) is 19.8. The summed E-state index contributed by atoms with van der Waals surface area (Å²) >= 11 is 1.26. The Morgan fingerprint density at radius 1 is 1.24 bits per heavy atom. The van der Waals surface area contributed by atoms with Gasteiger partial charge in [-0.1, -0.05) is 12.1 Å². The number of aryl methyl sites for hydroxylation is 1. The van der Waals surface area contributed by atoms with Crippen LogP contribution in [0.5, 0.6) is 0 Å². The minimum absolute atomic E-state index is 0.253. The molecule has 176 valence electrons.